The Labute approximate surface area is 195 Å². The van der Waals surface area contributed by atoms with Gasteiger partial charge in [0.25, 0.3) is 0 Å². The molecule has 0 amide bonds. The van der Waals surface area contributed by atoms with Crippen molar-refractivity contribution >= 4 is 22.1 Å². The fourth-order valence-electron chi connectivity index (χ4n) is 4.86. The second kappa shape index (κ2) is 7.65. The van der Waals surface area contributed by atoms with E-state index in [0.717, 1.165) is 84.7 Å². The number of benzene rings is 1. The largest absolute Gasteiger partial charge is 0.339 e. The van der Waals surface area contributed by atoms with E-state index in [-0.39, 0.29) is 5.69 Å². The molecule has 2 aliphatic rings. The second-order valence-electron chi connectivity index (χ2n) is 9.43. The predicted molar refractivity (Wildman–Crippen MR) is 126 cm³/mol. The first-order chi connectivity index (χ1) is 16.8. The van der Waals surface area contributed by atoms with Gasteiger partial charge in [-0.1, -0.05) is 17.3 Å². The van der Waals surface area contributed by atoms with Gasteiger partial charge in [-0.25, -0.2) is 9.78 Å². The van der Waals surface area contributed by atoms with Gasteiger partial charge in [0.2, 0.25) is 5.89 Å². The maximum absolute atomic E-state index is 13.4. The van der Waals surface area contributed by atoms with Crippen LogP contribution in [0.1, 0.15) is 61.6 Å². The molecule has 0 saturated heterocycles. The number of aromatic nitrogens is 7. The van der Waals surface area contributed by atoms with E-state index in [4.69, 9.17) is 9.51 Å². The van der Waals surface area contributed by atoms with E-state index in [0.29, 0.717) is 18.5 Å². The Kier molecular flexibility index (Phi) is 4.43. The molecule has 0 spiro atoms. The fraction of sp³-hybridized carbons (Fsp3) is 0.400. The molecule has 0 unspecified atom stereocenters. The van der Waals surface area contributed by atoms with Crippen molar-refractivity contribution < 1.29 is 4.52 Å². The third kappa shape index (κ3) is 3.34. The van der Waals surface area contributed by atoms with Crippen LogP contribution in [-0.4, -0.2) is 33.8 Å². The van der Waals surface area contributed by atoms with Crippen LogP contribution >= 0.6 is 0 Å². The molecule has 7 rings (SSSR count). The lowest BCUT2D eigenvalue weighted by Crippen LogP contribution is -2.25. The lowest BCUT2D eigenvalue weighted by Gasteiger charge is -2.09. The molecular formula is C25H25N7O2. The van der Waals surface area contributed by atoms with Gasteiger partial charge in [0.05, 0.1) is 34.8 Å². The number of hydrogen-bond acceptors (Lipinski definition) is 6. The lowest BCUT2D eigenvalue weighted by atomic mass is 10.2. The first-order valence-corrected chi connectivity index (χ1v) is 12.1. The zero-order valence-electron chi connectivity index (χ0n) is 18.8. The molecule has 0 radical (unpaired) electrons. The number of imidazole rings is 2. The predicted octanol–water partition coefficient (Wildman–Crippen LogP) is 3.82. The monoisotopic (exact) mass is 455 g/mol. The van der Waals surface area contributed by atoms with Crippen LogP contribution < -0.4 is 5.69 Å². The molecule has 34 heavy (non-hydrogen) atoms. The summed E-state index contributed by atoms with van der Waals surface area (Å²) >= 11 is 0. The Hall–Kier alpha value is -3.75. The first-order valence-electron chi connectivity index (χ1n) is 12.1. The Bertz CT molecular complexity index is 1570. The zero-order valence-corrected chi connectivity index (χ0v) is 18.8. The molecule has 2 saturated carbocycles. The third-order valence-corrected chi connectivity index (χ3v) is 6.90. The number of para-hydroxylation sites is 2. The molecule has 1 aromatic carbocycles. The quantitative estimate of drug-likeness (QED) is 0.353. The second-order valence-corrected chi connectivity index (χ2v) is 9.43. The maximum atomic E-state index is 13.4. The van der Waals surface area contributed by atoms with Crippen molar-refractivity contribution in [1.82, 2.24) is 33.8 Å². The maximum Gasteiger partial charge on any atom is 0.329 e. The topological polar surface area (TPSA) is 96.6 Å². The standard InChI is InChI=1S/C25H25N7O2/c33-25-31(21-14-26-12-11-20(21)32(25)17-9-10-17)15-23-27-18-4-1-2-5-19(18)30(23)13-3-6-22-28-24(34-29-22)16-7-8-16/h1-2,4-5,11-12,14,16-17H,3,6-10,13,15H2. The van der Waals surface area contributed by atoms with E-state index in [9.17, 15) is 4.79 Å². The van der Waals surface area contributed by atoms with Crippen LogP contribution in [-0.2, 0) is 19.5 Å². The molecule has 2 fully saturated rings. The van der Waals surface area contributed by atoms with Crippen LogP contribution in [0.15, 0.2) is 52.0 Å². The molecule has 9 heteroatoms. The van der Waals surface area contributed by atoms with E-state index >= 15 is 0 Å². The summed E-state index contributed by atoms with van der Waals surface area (Å²) in [5, 5.41) is 4.15. The van der Waals surface area contributed by atoms with Gasteiger partial charge >= 0.3 is 5.69 Å². The van der Waals surface area contributed by atoms with Crippen molar-refractivity contribution in [2.75, 3.05) is 0 Å². The summed E-state index contributed by atoms with van der Waals surface area (Å²) in [6.45, 7) is 1.17. The highest BCUT2D eigenvalue weighted by Crippen LogP contribution is 2.39. The minimum absolute atomic E-state index is 0.0171. The highest BCUT2D eigenvalue weighted by atomic mass is 16.5. The molecule has 4 heterocycles. The Balaban J connectivity index is 1.21. The zero-order chi connectivity index (χ0) is 22.6. The van der Waals surface area contributed by atoms with E-state index in [2.05, 4.69) is 25.8 Å². The summed E-state index contributed by atoms with van der Waals surface area (Å²) in [6.07, 6.45) is 9.56. The number of rotatable bonds is 8. The molecular weight excluding hydrogens is 430 g/mol. The summed E-state index contributed by atoms with van der Waals surface area (Å²) in [7, 11) is 0. The van der Waals surface area contributed by atoms with Gasteiger partial charge in [0.1, 0.15) is 5.82 Å². The van der Waals surface area contributed by atoms with Crippen LogP contribution in [0.5, 0.6) is 0 Å². The van der Waals surface area contributed by atoms with Crippen molar-refractivity contribution in [2.24, 2.45) is 0 Å². The summed E-state index contributed by atoms with van der Waals surface area (Å²) < 4.78 is 11.4. The number of aryl methyl sites for hydroxylation is 2. The molecule has 0 atom stereocenters. The smallest absolute Gasteiger partial charge is 0.329 e. The number of nitrogens with zero attached hydrogens (tertiary/aromatic N) is 7. The third-order valence-electron chi connectivity index (χ3n) is 6.90. The molecule has 0 aliphatic heterocycles. The summed E-state index contributed by atoms with van der Waals surface area (Å²) in [5.74, 6) is 2.89. The van der Waals surface area contributed by atoms with Crippen molar-refractivity contribution in [3.8, 4) is 0 Å². The van der Waals surface area contributed by atoms with Gasteiger partial charge in [-0.2, -0.15) is 4.98 Å². The van der Waals surface area contributed by atoms with Crippen LogP contribution in [0.4, 0.5) is 0 Å². The van der Waals surface area contributed by atoms with Crippen molar-refractivity contribution in [3.63, 3.8) is 0 Å². The van der Waals surface area contributed by atoms with Crippen LogP contribution in [0.2, 0.25) is 0 Å². The van der Waals surface area contributed by atoms with Crippen LogP contribution in [0.3, 0.4) is 0 Å². The summed E-state index contributed by atoms with van der Waals surface area (Å²) in [5.41, 5.74) is 3.83. The SMILES string of the molecule is O=c1n(Cc2nc3ccccc3n2CCCc2noc(C3CC3)n2)c2cnccc2n1C1CC1. The van der Waals surface area contributed by atoms with Crippen LogP contribution in [0.25, 0.3) is 22.1 Å². The summed E-state index contributed by atoms with van der Waals surface area (Å²) in [6, 6.07) is 10.4. The van der Waals surface area contributed by atoms with Gasteiger partial charge < -0.3 is 9.09 Å². The molecule has 4 aromatic heterocycles. The summed E-state index contributed by atoms with van der Waals surface area (Å²) in [4.78, 5) is 27.2. The lowest BCUT2D eigenvalue weighted by molar-refractivity contribution is 0.373. The van der Waals surface area contributed by atoms with Gasteiger partial charge in [0, 0.05) is 31.1 Å². The minimum atomic E-state index is 0.0171. The molecule has 9 nitrogen and oxygen atoms in total. The fourth-order valence-corrected chi connectivity index (χ4v) is 4.86. The molecule has 0 bridgehead atoms. The Morgan fingerprint density at radius 1 is 0.971 bits per heavy atom. The van der Waals surface area contributed by atoms with Gasteiger partial charge in [-0.05, 0) is 50.3 Å². The average Bonchev–Trinajstić information content (AvgIpc) is 3.78. The number of hydrogen-bond donors (Lipinski definition) is 0. The van der Waals surface area contributed by atoms with Crippen molar-refractivity contribution in [2.45, 2.75) is 63.6 Å². The van der Waals surface area contributed by atoms with E-state index in [1.807, 2.05) is 33.4 Å². The highest BCUT2D eigenvalue weighted by molar-refractivity contribution is 5.77. The first kappa shape index (κ1) is 19.7. The van der Waals surface area contributed by atoms with E-state index in [1.54, 1.807) is 12.4 Å². The minimum Gasteiger partial charge on any atom is -0.339 e. The molecule has 0 N–H and O–H groups in total. The number of pyridine rings is 1. The van der Waals surface area contributed by atoms with E-state index < -0.39 is 0 Å². The highest BCUT2D eigenvalue weighted by Gasteiger charge is 2.30. The number of fused-ring (bicyclic) bond motifs is 2. The van der Waals surface area contributed by atoms with Crippen molar-refractivity contribution in [3.05, 3.63) is 70.7 Å². The normalized spacial score (nSPS) is 16.1. The van der Waals surface area contributed by atoms with Gasteiger partial charge in [0.15, 0.2) is 5.82 Å². The van der Waals surface area contributed by atoms with Crippen molar-refractivity contribution in [1.29, 1.82) is 0 Å². The Morgan fingerprint density at radius 3 is 2.71 bits per heavy atom. The molecule has 2 aliphatic carbocycles. The Morgan fingerprint density at radius 2 is 1.85 bits per heavy atom. The molecule has 5 aromatic rings. The van der Waals surface area contributed by atoms with Gasteiger partial charge in [-0.3, -0.25) is 14.1 Å². The van der Waals surface area contributed by atoms with E-state index in [1.165, 1.54) is 0 Å². The van der Waals surface area contributed by atoms with Gasteiger partial charge in [-0.15, -0.1) is 0 Å². The van der Waals surface area contributed by atoms with Crippen LogP contribution in [0, 0.1) is 0 Å². The average molecular weight is 456 g/mol. The molecule has 172 valence electrons.